The molecule has 0 aliphatic rings. The second-order valence-electron chi connectivity index (χ2n) is 6.15. The van der Waals surface area contributed by atoms with Crippen molar-refractivity contribution in [3.8, 4) is 5.69 Å². The van der Waals surface area contributed by atoms with Crippen LogP contribution in [0.25, 0.3) is 16.7 Å². The number of aromatic nitrogens is 4. The monoisotopic (exact) mass is 363 g/mol. The number of carbonyl (C=O) groups excluding carboxylic acids is 1. The van der Waals surface area contributed by atoms with Crippen LogP contribution in [0, 0.1) is 11.2 Å². The fourth-order valence-corrected chi connectivity index (χ4v) is 2.21. The summed E-state index contributed by atoms with van der Waals surface area (Å²) in [5, 5.41) is 4.34. The van der Waals surface area contributed by atoms with Crippen LogP contribution in [0.15, 0.2) is 41.6 Å². The van der Waals surface area contributed by atoms with E-state index in [1.165, 1.54) is 41.5 Å². The molecule has 3 aromatic rings. The highest BCUT2D eigenvalue weighted by molar-refractivity contribution is 6.20. The van der Waals surface area contributed by atoms with Crippen molar-refractivity contribution in [1.82, 2.24) is 19.4 Å². The zero-order valence-electron chi connectivity index (χ0n) is 13.5. The first-order valence-corrected chi connectivity index (χ1v) is 7.96. The van der Waals surface area contributed by atoms with Gasteiger partial charge in [0.2, 0.25) is 5.91 Å². The van der Waals surface area contributed by atoms with E-state index in [9.17, 15) is 14.0 Å². The smallest absolute Gasteiger partial charge is 0.273 e. The van der Waals surface area contributed by atoms with E-state index >= 15 is 0 Å². The minimum atomic E-state index is -0.839. The van der Waals surface area contributed by atoms with Crippen molar-refractivity contribution in [3.63, 3.8) is 0 Å². The van der Waals surface area contributed by atoms with Crippen LogP contribution in [0.3, 0.4) is 0 Å². The van der Waals surface area contributed by atoms with Crippen molar-refractivity contribution in [2.45, 2.75) is 13.8 Å². The second-order valence-corrected chi connectivity index (χ2v) is 6.42. The lowest BCUT2D eigenvalue weighted by Crippen LogP contribution is -2.41. The normalized spacial score (nSPS) is 11.7. The molecule has 0 aliphatic carbocycles. The highest BCUT2D eigenvalue weighted by Crippen LogP contribution is 2.17. The van der Waals surface area contributed by atoms with E-state index in [0.717, 1.165) is 4.68 Å². The number of nitrogens with zero attached hydrogens (tertiary/aromatic N) is 4. The van der Waals surface area contributed by atoms with Gasteiger partial charge in [-0.15, -0.1) is 11.6 Å². The summed E-state index contributed by atoms with van der Waals surface area (Å²) < 4.78 is 15.5. The summed E-state index contributed by atoms with van der Waals surface area (Å²) in [5.74, 6) is -0.678. The Hall–Kier alpha value is -2.74. The number of carbonyl (C=O) groups is 1. The Bertz CT molecular complexity index is 994. The Morgan fingerprint density at radius 1 is 1.32 bits per heavy atom. The molecule has 0 fully saturated rings. The zero-order chi connectivity index (χ0) is 18.2. The molecule has 0 saturated carbocycles. The molecule has 0 saturated heterocycles. The molecule has 1 amide bonds. The molecule has 9 heteroatoms. The van der Waals surface area contributed by atoms with Gasteiger partial charge in [-0.2, -0.15) is 5.10 Å². The van der Waals surface area contributed by atoms with Crippen LogP contribution in [0.1, 0.15) is 13.8 Å². The highest BCUT2D eigenvalue weighted by atomic mass is 35.5. The number of fused-ring (bicyclic) bond motifs is 1. The van der Waals surface area contributed by atoms with Gasteiger partial charge in [0.25, 0.3) is 5.56 Å². The molecule has 0 radical (unpaired) electrons. The quantitative estimate of drug-likeness (QED) is 0.719. The number of hydrogen-bond donors (Lipinski definition) is 1. The molecule has 0 bridgehead atoms. The standard InChI is InChI=1S/C16H15ClFN5O2/c1-16(2,8-17)15(25)21-22-9-19-13-12(14(22)24)7-20-23(13)11-5-3-10(18)4-6-11/h3-7,9H,8H2,1-2H3,(H,21,25). The summed E-state index contributed by atoms with van der Waals surface area (Å²) >= 11 is 5.77. The molecule has 2 aromatic heterocycles. The average Bonchev–Trinajstić information content (AvgIpc) is 3.02. The SMILES string of the molecule is CC(C)(CCl)C(=O)Nn1cnc2c(cnn2-c2ccc(F)cc2)c1=O. The highest BCUT2D eigenvalue weighted by Gasteiger charge is 2.27. The van der Waals surface area contributed by atoms with Crippen LogP contribution >= 0.6 is 11.6 Å². The fraction of sp³-hybridized carbons (Fsp3) is 0.250. The molecule has 0 spiro atoms. The lowest BCUT2D eigenvalue weighted by molar-refractivity contribution is -0.124. The summed E-state index contributed by atoms with van der Waals surface area (Å²) in [6.45, 7) is 3.33. The fourth-order valence-electron chi connectivity index (χ4n) is 2.08. The molecule has 25 heavy (non-hydrogen) atoms. The van der Waals surface area contributed by atoms with E-state index < -0.39 is 16.9 Å². The molecule has 0 atom stereocenters. The van der Waals surface area contributed by atoms with E-state index in [1.54, 1.807) is 13.8 Å². The minimum Gasteiger partial charge on any atom is -0.273 e. The van der Waals surface area contributed by atoms with Crippen LogP contribution in [0.4, 0.5) is 4.39 Å². The number of rotatable bonds is 4. The Balaban J connectivity index is 2.01. The largest absolute Gasteiger partial charge is 0.283 e. The maximum absolute atomic E-state index is 13.1. The van der Waals surface area contributed by atoms with Gasteiger partial charge >= 0.3 is 0 Å². The van der Waals surface area contributed by atoms with E-state index in [-0.39, 0.29) is 17.1 Å². The van der Waals surface area contributed by atoms with Gasteiger partial charge in [-0.25, -0.2) is 18.7 Å². The summed E-state index contributed by atoms with van der Waals surface area (Å²) in [4.78, 5) is 28.9. The number of alkyl halides is 1. The van der Waals surface area contributed by atoms with Crippen molar-refractivity contribution in [1.29, 1.82) is 0 Å². The Morgan fingerprint density at radius 2 is 2.00 bits per heavy atom. The first-order valence-electron chi connectivity index (χ1n) is 7.42. The van der Waals surface area contributed by atoms with Gasteiger partial charge in [-0.05, 0) is 38.1 Å². The van der Waals surface area contributed by atoms with Gasteiger partial charge in [-0.1, -0.05) is 0 Å². The van der Waals surface area contributed by atoms with Crippen molar-refractivity contribution in [3.05, 3.63) is 53.0 Å². The van der Waals surface area contributed by atoms with Crippen LogP contribution in [0.5, 0.6) is 0 Å². The maximum Gasteiger partial charge on any atom is 0.283 e. The molecule has 1 N–H and O–H groups in total. The Labute approximate surface area is 147 Å². The molecule has 1 aromatic carbocycles. The van der Waals surface area contributed by atoms with Crippen molar-refractivity contribution in [2.75, 3.05) is 11.3 Å². The predicted octanol–water partition coefficient (Wildman–Crippen LogP) is 2.06. The first-order chi connectivity index (χ1) is 11.8. The van der Waals surface area contributed by atoms with Crippen LogP contribution in [-0.2, 0) is 4.79 Å². The van der Waals surface area contributed by atoms with Gasteiger partial charge in [-0.3, -0.25) is 15.0 Å². The molecule has 2 heterocycles. The molecular weight excluding hydrogens is 349 g/mol. The molecule has 3 rings (SSSR count). The molecular formula is C16H15ClFN5O2. The maximum atomic E-state index is 13.1. The average molecular weight is 364 g/mol. The number of hydrogen-bond acceptors (Lipinski definition) is 4. The molecule has 0 unspecified atom stereocenters. The predicted molar refractivity (Wildman–Crippen MR) is 92.0 cm³/mol. The third-order valence-corrected chi connectivity index (χ3v) is 4.40. The van der Waals surface area contributed by atoms with E-state index in [0.29, 0.717) is 11.3 Å². The number of halogens is 2. The van der Waals surface area contributed by atoms with Crippen molar-refractivity contribution in [2.24, 2.45) is 5.41 Å². The Morgan fingerprint density at radius 3 is 2.64 bits per heavy atom. The van der Waals surface area contributed by atoms with Gasteiger partial charge in [0, 0.05) is 5.88 Å². The molecule has 7 nitrogen and oxygen atoms in total. The summed E-state index contributed by atoms with van der Waals surface area (Å²) in [6.07, 6.45) is 2.55. The summed E-state index contributed by atoms with van der Waals surface area (Å²) in [7, 11) is 0. The lowest BCUT2D eigenvalue weighted by Gasteiger charge is -2.20. The van der Waals surface area contributed by atoms with Crippen molar-refractivity contribution < 1.29 is 9.18 Å². The van der Waals surface area contributed by atoms with Crippen LogP contribution < -0.4 is 11.0 Å². The second kappa shape index (κ2) is 6.29. The summed E-state index contributed by atoms with van der Waals surface area (Å²) in [5.41, 5.74) is 2.04. The number of amides is 1. The minimum absolute atomic E-state index is 0.103. The third-order valence-electron chi connectivity index (χ3n) is 3.73. The molecule has 130 valence electrons. The van der Waals surface area contributed by atoms with Crippen LogP contribution in [-0.4, -0.2) is 31.2 Å². The number of benzene rings is 1. The van der Waals surface area contributed by atoms with E-state index in [4.69, 9.17) is 11.6 Å². The summed E-state index contributed by atoms with van der Waals surface area (Å²) in [6, 6.07) is 5.64. The molecule has 0 aliphatic heterocycles. The van der Waals surface area contributed by atoms with Gasteiger partial charge < -0.3 is 0 Å². The topological polar surface area (TPSA) is 81.8 Å². The van der Waals surface area contributed by atoms with Gasteiger partial charge in [0.1, 0.15) is 17.5 Å². The van der Waals surface area contributed by atoms with Gasteiger partial charge in [0.05, 0.1) is 17.3 Å². The van der Waals surface area contributed by atoms with E-state index in [1.807, 2.05) is 0 Å². The zero-order valence-corrected chi connectivity index (χ0v) is 14.3. The third kappa shape index (κ3) is 3.12. The van der Waals surface area contributed by atoms with Crippen molar-refractivity contribution >= 4 is 28.5 Å². The number of nitrogens with one attached hydrogen (secondary N) is 1. The van der Waals surface area contributed by atoms with Crippen LogP contribution in [0.2, 0.25) is 0 Å². The first kappa shape index (κ1) is 17.1. The Kier molecular flexibility index (Phi) is 4.30. The van der Waals surface area contributed by atoms with E-state index in [2.05, 4.69) is 15.5 Å². The van der Waals surface area contributed by atoms with Gasteiger partial charge in [0.15, 0.2) is 5.65 Å². The lowest BCUT2D eigenvalue weighted by atomic mass is 9.96.